The van der Waals surface area contributed by atoms with E-state index in [1.807, 2.05) is 68.4 Å². The molecular formula is C22H24N2O2. The standard InChI is InChI=1S/C22H24N2O2/c1-15-12-16(2)14-18(13-15)24-22(26)23-11-10-21(25)20-9-5-7-17-6-3-4-8-19(17)20/h3-9,12-14,21,25H,10-11H2,1-2H3,(H2,23,24,26). The summed E-state index contributed by atoms with van der Waals surface area (Å²) in [5.74, 6) is 0. The Kier molecular flexibility index (Phi) is 5.54. The van der Waals surface area contributed by atoms with Gasteiger partial charge in [-0.25, -0.2) is 4.79 Å². The second-order valence-corrected chi connectivity index (χ2v) is 6.63. The van der Waals surface area contributed by atoms with Gasteiger partial charge < -0.3 is 15.7 Å². The second kappa shape index (κ2) is 8.02. The fourth-order valence-electron chi connectivity index (χ4n) is 3.24. The smallest absolute Gasteiger partial charge is 0.319 e. The number of anilines is 1. The van der Waals surface area contributed by atoms with Gasteiger partial charge in [0, 0.05) is 12.2 Å². The molecule has 26 heavy (non-hydrogen) atoms. The Bertz CT molecular complexity index is 895. The van der Waals surface area contributed by atoms with Gasteiger partial charge in [0.05, 0.1) is 6.10 Å². The highest BCUT2D eigenvalue weighted by atomic mass is 16.3. The first-order valence-corrected chi connectivity index (χ1v) is 8.82. The van der Waals surface area contributed by atoms with E-state index in [0.717, 1.165) is 33.2 Å². The van der Waals surface area contributed by atoms with Gasteiger partial charge in [-0.2, -0.15) is 0 Å². The van der Waals surface area contributed by atoms with E-state index in [1.54, 1.807) is 0 Å². The Hall–Kier alpha value is -2.85. The fourth-order valence-corrected chi connectivity index (χ4v) is 3.24. The molecule has 0 bridgehead atoms. The van der Waals surface area contributed by atoms with E-state index in [-0.39, 0.29) is 6.03 Å². The van der Waals surface area contributed by atoms with Crippen LogP contribution >= 0.6 is 0 Å². The number of aryl methyl sites for hydroxylation is 2. The lowest BCUT2D eigenvalue weighted by atomic mass is 9.99. The molecule has 0 aliphatic carbocycles. The molecule has 1 unspecified atom stereocenters. The van der Waals surface area contributed by atoms with Gasteiger partial charge in [0.2, 0.25) is 0 Å². The first-order valence-electron chi connectivity index (χ1n) is 8.82. The molecule has 0 aliphatic rings. The van der Waals surface area contributed by atoms with Gasteiger partial charge in [-0.15, -0.1) is 0 Å². The van der Waals surface area contributed by atoms with Crippen molar-refractivity contribution in [1.82, 2.24) is 5.32 Å². The van der Waals surface area contributed by atoms with Crippen molar-refractivity contribution in [2.75, 3.05) is 11.9 Å². The SMILES string of the molecule is Cc1cc(C)cc(NC(=O)NCCC(O)c2cccc3ccccc23)c1. The van der Waals surface area contributed by atoms with Gasteiger partial charge in [-0.05, 0) is 59.9 Å². The normalized spacial score (nSPS) is 12.0. The van der Waals surface area contributed by atoms with Crippen LogP contribution in [-0.2, 0) is 0 Å². The minimum Gasteiger partial charge on any atom is -0.388 e. The van der Waals surface area contributed by atoms with Gasteiger partial charge in [0.15, 0.2) is 0 Å². The van der Waals surface area contributed by atoms with Gasteiger partial charge >= 0.3 is 6.03 Å². The number of nitrogens with one attached hydrogen (secondary N) is 2. The van der Waals surface area contributed by atoms with Crippen LogP contribution in [0.1, 0.15) is 29.2 Å². The van der Waals surface area contributed by atoms with Crippen molar-refractivity contribution in [2.45, 2.75) is 26.4 Å². The van der Waals surface area contributed by atoms with Gasteiger partial charge in [-0.3, -0.25) is 0 Å². The highest BCUT2D eigenvalue weighted by Crippen LogP contribution is 2.25. The lowest BCUT2D eigenvalue weighted by Gasteiger charge is -2.15. The third-order valence-corrected chi connectivity index (χ3v) is 4.37. The van der Waals surface area contributed by atoms with Crippen molar-refractivity contribution in [3.8, 4) is 0 Å². The summed E-state index contributed by atoms with van der Waals surface area (Å²) >= 11 is 0. The van der Waals surface area contributed by atoms with E-state index in [2.05, 4.69) is 16.7 Å². The summed E-state index contributed by atoms with van der Waals surface area (Å²) in [5.41, 5.74) is 3.87. The molecule has 0 spiro atoms. The Labute approximate surface area is 153 Å². The largest absolute Gasteiger partial charge is 0.388 e. The van der Waals surface area contributed by atoms with Crippen LogP contribution in [0.5, 0.6) is 0 Å². The number of carbonyl (C=O) groups excluding carboxylic acids is 1. The van der Waals surface area contributed by atoms with E-state index >= 15 is 0 Å². The molecule has 3 rings (SSSR count). The molecule has 3 aromatic rings. The molecule has 4 heteroatoms. The Morgan fingerprint density at radius 2 is 1.69 bits per heavy atom. The van der Waals surface area contributed by atoms with Crippen LogP contribution in [0.15, 0.2) is 60.7 Å². The van der Waals surface area contributed by atoms with Crippen molar-refractivity contribution in [2.24, 2.45) is 0 Å². The number of aliphatic hydroxyl groups is 1. The number of carbonyl (C=O) groups is 1. The second-order valence-electron chi connectivity index (χ2n) is 6.63. The molecule has 1 atom stereocenters. The van der Waals surface area contributed by atoms with E-state index in [0.29, 0.717) is 13.0 Å². The zero-order chi connectivity index (χ0) is 18.5. The summed E-state index contributed by atoms with van der Waals surface area (Å²) in [7, 11) is 0. The third-order valence-electron chi connectivity index (χ3n) is 4.37. The molecule has 2 amide bonds. The van der Waals surface area contributed by atoms with Crippen LogP contribution in [0.4, 0.5) is 10.5 Å². The molecule has 0 aromatic heterocycles. The molecule has 0 saturated carbocycles. The predicted molar refractivity (Wildman–Crippen MR) is 106 cm³/mol. The number of fused-ring (bicyclic) bond motifs is 1. The third kappa shape index (κ3) is 4.41. The van der Waals surface area contributed by atoms with Gasteiger partial charge in [0.25, 0.3) is 0 Å². The summed E-state index contributed by atoms with van der Waals surface area (Å²) in [6.07, 6.45) is -0.170. The van der Waals surface area contributed by atoms with Crippen LogP contribution in [0, 0.1) is 13.8 Å². The highest BCUT2D eigenvalue weighted by Gasteiger charge is 2.11. The molecule has 134 valence electrons. The maximum absolute atomic E-state index is 12.1. The van der Waals surface area contributed by atoms with E-state index < -0.39 is 6.10 Å². The van der Waals surface area contributed by atoms with Crippen molar-refractivity contribution in [3.63, 3.8) is 0 Å². The summed E-state index contributed by atoms with van der Waals surface area (Å²) in [4.78, 5) is 12.1. The maximum atomic E-state index is 12.1. The van der Waals surface area contributed by atoms with Crippen molar-refractivity contribution >= 4 is 22.5 Å². The van der Waals surface area contributed by atoms with Crippen LogP contribution in [0.25, 0.3) is 10.8 Å². The molecule has 3 aromatic carbocycles. The fraction of sp³-hybridized carbons (Fsp3) is 0.227. The van der Waals surface area contributed by atoms with Crippen LogP contribution in [0.2, 0.25) is 0 Å². The minimum atomic E-state index is -0.623. The summed E-state index contributed by atoms with van der Waals surface area (Å²) in [6, 6.07) is 19.5. The molecule has 0 aliphatic heterocycles. The number of urea groups is 1. The number of hydrogen-bond donors (Lipinski definition) is 3. The summed E-state index contributed by atoms with van der Waals surface area (Å²) < 4.78 is 0. The Morgan fingerprint density at radius 1 is 1.00 bits per heavy atom. The van der Waals surface area contributed by atoms with Gasteiger partial charge in [0.1, 0.15) is 0 Å². The quantitative estimate of drug-likeness (QED) is 0.626. The highest BCUT2D eigenvalue weighted by molar-refractivity contribution is 5.89. The minimum absolute atomic E-state index is 0.264. The molecule has 0 heterocycles. The van der Waals surface area contributed by atoms with Crippen molar-refractivity contribution < 1.29 is 9.90 Å². The lowest BCUT2D eigenvalue weighted by Crippen LogP contribution is -2.30. The first-order chi connectivity index (χ1) is 12.5. The molecule has 0 saturated heterocycles. The maximum Gasteiger partial charge on any atom is 0.319 e. The van der Waals surface area contributed by atoms with Gasteiger partial charge in [-0.1, -0.05) is 48.5 Å². The van der Waals surface area contributed by atoms with Crippen LogP contribution < -0.4 is 10.6 Å². The number of aliphatic hydroxyl groups excluding tert-OH is 1. The number of amides is 2. The first kappa shape index (κ1) is 18.0. The summed E-state index contributed by atoms with van der Waals surface area (Å²) in [6.45, 7) is 4.38. The van der Waals surface area contributed by atoms with Crippen molar-refractivity contribution in [1.29, 1.82) is 0 Å². The monoisotopic (exact) mass is 348 g/mol. The zero-order valence-corrected chi connectivity index (χ0v) is 15.1. The molecule has 3 N–H and O–H groups in total. The van der Waals surface area contributed by atoms with E-state index in [9.17, 15) is 9.90 Å². The summed E-state index contributed by atoms with van der Waals surface area (Å²) in [5, 5.41) is 18.3. The number of benzene rings is 3. The van der Waals surface area contributed by atoms with Crippen molar-refractivity contribution in [3.05, 3.63) is 77.4 Å². The molecule has 0 fully saturated rings. The molecule has 4 nitrogen and oxygen atoms in total. The topological polar surface area (TPSA) is 61.4 Å². The Balaban J connectivity index is 1.56. The van der Waals surface area contributed by atoms with E-state index in [1.165, 1.54) is 0 Å². The van der Waals surface area contributed by atoms with Crippen LogP contribution in [-0.4, -0.2) is 17.7 Å². The molecular weight excluding hydrogens is 324 g/mol. The number of rotatable bonds is 5. The average molecular weight is 348 g/mol. The molecule has 0 radical (unpaired) electrons. The van der Waals surface area contributed by atoms with Crippen LogP contribution in [0.3, 0.4) is 0 Å². The average Bonchev–Trinajstić information content (AvgIpc) is 2.60. The number of hydrogen-bond acceptors (Lipinski definition) is 2. The lowest BCUT2D eigenvalue weighted by molar-refractivity contribution is 0.169. The zero-order valence-electron chi connectivity index (χ0n) is 15.1. The predicted octanol–water partition coefficient (Wildman–Crippen LogP) is 4.70. The Morgan fingerprint density at radius 3 is 2.46 bits per heavy atom. The van der Waals surface area contributed by atoms with E-state index in [4.69, 9.17) is 0 Å².